The molecule has 0 aromatic carbocycles. The minimum atomic E-state index is -0.346. The van der Waals surface area contributed by atoms with Crippen LogP contribution in [0.4, 0.5) is 0 Å². The summed E-state index contributed by atoms with van der Waals surface area (Å²) in [6, 6.07) is 0. The van der Waals surface area contributed by atoms with Gasteiger partial charge in [0.25, 0.3) is 0 Å². The van der Waals surface area contributed by atoms with E-state index in [-0.39, 0.29) is 18.0 Å². The fraction of sp³-hybridized carbons (Fsp3) is 1.00. The molecule has 1 N–H and O–H groups in total. The maximum Gasteiger partial charge on any atom is 0.169 e. The van der Waals surface area contributed by atoms with E-state index >= 15 is 0 Å². The predicted molar refractivity (Wildman–Crippen MR) is 62.2 cm³/mol. The van der Waals surface area contributed by atoms with Crippen molar-refractivity contribution in [2.24, 2.45) is 0 Å². The molecule has 2 fully saturated rings. The second kappa shape index (κ2) is 5.48. The molecule has 2 atom stereocenters. The molecule has 1 aliphatic carbocycles. The van der Waals surface area contributed by atoms with E-state index in [0.29, 0.717) is 6.61 Å². The van der Waals surface area contributed by atoms with Gasteiger partial charge in [-0.05, 0) is 19.3 Å². The van der Waals surface area contributed by atoms with Gasteiger partial charge in [0, 0.05) is 12.8 Å². The van der Waals surface area contributed by atoms with Crippen LogP contribution < -0.4 is 0 Å². The molecule has 0 radical (unpaired) electrons. The van der Waals surface area contributed by atoms with Crippen molar-refractivity contribution < 1.29 is 14.6 Å². The molecule has 0 unspecified atom stereocenters. The lowest BCUT2D eigenvalue weighted by Crippen LogP contribution is -2.36. The van der Waals surface area contributed by atoms with Gasteiger partial charge in [-0.15, -0.1) is 0 Å². The highest BCUT2D eigenvalue weighted by Gasteiger charge is 2.44. The zero-order chi connectivity index (χ0) is 11.4. The van der Waals surface area contributed by atoms with E-state index in [4.69, 9.17) is 9.47 Å². The molecule has 1 saturated heterocycles. The van der Waals surface area contributed by atoms with Gasteiger partial charge in [-0.3, -0.25) is 0 Å². The van der Waals surface area contributed by atoms with Gasteiger partial charge in [0.2, 0.25) is 0 Å². The number of unbranched alkanes of at least 4 members (excludes halogenated alkanes) is 1. The minimum absolute atomic E-state index is 0.0929. The number of hydrogen-bond acceptors (Lipinski definition) is 3. The number of ether oxygens (including phenoxy) is 2. The lowest BCUT2D eigenvalue weighted by Gasteiger charge is -2.32. The Labute approximate surface area is 98.1 Å². The van der Waals surface area contributed by atoms with Crippen molar-refractivity contribution in [1.29, 1.82) is 0 Å². The van der Waals surface area contributed by atoms with Crippen LogP contribution in [0.5, 0.6) is 0 Å². The fourth-order valence-electron chi connectivity index (χ4n) is 2.72. The van der Waals surface area contributed by atoms with Crippen LogP contribution in [0.2, 0.25) is 0 Å². The Morgan fingerprint density at radius 2 is 2.06 bits per heavy atom. The zero-order valence-corrected chi connectivity index (χ0v) is 10.3. The van der Waals surface area contributed by atoms with Crippen LogP contribution in [-0.4, -0.2) is 29.7 Å². The number of aliphatic hydroxyl groups is 1. The predicted octanol–water partition coefficient (Wildman–Crippen LogP) is 2.61. The first-order valence-corrected chi connectivity index (χ1v) is 6.75. The molecule has 1 saturated carbocycles. The molecule has 0 aromatic heterocycles. The van der Waals surface area contributed by atoms with E-state index in [0.717, 1.165) is 32.1 Å². The molecule has 3 heteroatoms. The minimum Gasteiger partial charge on any atom is -0.390 e. The normalized spacial score (nSPS) is 30.8. The lowest BCUT2D eigenvalue weighted by atomic mass is 9.94. The van der Waals surface area contributed by atoms with Crippen molar-refractivity contribution in [3.8, 4) is 0 Å². The summed E-state index contributed by atoms with van der Waals surface area (Å²) in [7, 11) is 0. The topological polar surface area (TPSA) is 38.7 Å². The van der Waals surface area contributed by atoms with Crippen molar-refractivity contribution in [1.82, 2.24) is 0 Å². The van der Waals surface area contributed by atoms with Gasteiger partial charge in [-0.25, -0.2) is 0 Å². The molecule has 0 amide bonds. The quantitative estimate of drug-likeness (QED) is 0.804. The maximum absolute atomic E-state index is 9.99. The summed E-state index contributed by atoms with van der Waals surface area (Å²) in [5.41, 5.74) is 0. The summed E-state index contributed by atoms with van der Waals surface area (Å²) in [6.07, 6.45) is 8.26. The van der Waals surface area contributed by atoms with Crippen LogP contribution in [0, 0.1) is 0 Å². The molecule has 0 bridgehead atoms. The SMILES string of the molecule is CCCC[C@@H](O)[C@H]1COC2(CCCCC2)O1. The van der Waals surface area contributed by atoms with Gasteiger partial charge >= 0.3 is 0 Å². The Morgan fingerprint density at radius 1 is 1.31 bits per heavy atom. The summed E-state index contributed by atoms with van der Waals surface area (Å²) in [6.45, 7) is 2.71. The lowest BCUT2D eigenvalue weighted by molar-refractivity contribution is -0.195. The molecule has 0 aromatic rings. The van der Waals surface area contributed by atoms with Crippen LogP contribution in [0.15, 0.2) is 0 Å². The van der Waals surface area contributed by atoms with Crippen molar-refractivity contribution >= 4 is 0 Å². The smallest absolute Gasteiger partial charge is 0.169 e. The summed E-state index contributed by atoms with van der Waals surface area (Å²) >= 11 is 0. The Bertz CT molecular complexity index is 211. The number of aliphatic hydroxyl groups excluding tert-OH is 1. The highest BCUT2D eigenvalue weighted by atomic mass is 16.7. The van der Waals surface area contributed by atoms with Crippen LogP contribution in [-0.2, 0) is 9.47 Å². The number of hydrogen-bond donors (Lipinski definition) is 1. The molecule has 1 spiro atoms. The molecular weight excluding hydrogens is 204 g/mol. The van der Waals surface area contributed by atoms with E-state index in [9.17, 15) is 5.11 Å². The molecule has 16 heavy (non-hydrogen) atoms. The van der Waals surface area contributed by atoms with E-state index in [1.165, 1.54) is 19.3 Å². The monoisotopic (exact) mass is 228 g/mol. The van der Waals surface area contributed by atoms with Crippen molar-refractivity contribution in [2.45, 2.75) is 76.3 Å². The number of rotatable bonds is 4. The largest absolute Gasteiger partial charge is 0.390 e. The van der Waals surface area contributed by atoms with Crippen molar-refractivity contribution in [2.75, 3.05) is 6.61 Å². The standard InChI is InChI=1S/C13H24O3/c1-2-3-7-11(14)12-10-15-13(16-12)8-5-4-6-9-13/h11-12,14H,2-10H2,1H3/t11-,12-/m1/s1. The van der Waals surface area contributed by atoms with Crippen LogP contribution in [0.1, 0.15) is 58.3 Å². The zero-order valence-electron chi connectivity index (χ0n) is 10.3. The first-order chi connectivity index (χ1) is 7.76. The van der Waals surface area contributed by atoms with Crippen LogP contribution in [0.3, 0.4) is 0 Å². The van der Waals surface area contributed by atoms with E-state index in [1.54, 1.807) is 0 Å². The highest BCUT2D eigenvalue weighted by molar-refractivity contribution is 4.85. The van der Waals surface area contributed by atoms with Gasteiger partial charge in [0.1, 0.15) is 6.10 Å². The fourth-order valence-corrected chi connectivity index (χ4v) is 2.72. The van der Waals surface area contributed by atoms with Crippen molar-refractivity contribution in [3.05, 3.63) is 0 Å². The second-order valence-corrected chi connectivity index (χ2v) is 5.15. The second-order valence-electron chi connectivity index (χ2n) is 5.15. The van der Waals surface area contributed by atoms with Crippen LogP contribution in [0.25, 0.3) is 0 Å². The Kier molecular flexibility index (Phi) is 4.22. The van der Waals surface area contributed by atoms with Gasteiger partial charge in [0.15, 0.2) is 5.79 Å². The first-order valence-electron chi connectivity index (χ1n) is 6.75. The average molecular weight is 228 g/mol. The molecule has 2 aliphatic rings. The third-order valence-corrected chi connectivity index (χ3v) is 3.77. The van der Waals surface area contributed by atoms with Crippen LogP contribution >= 0.6 is 0 Å². The van der Waals surface area contributed by atoms with E-state index < -0.39 is 0 Å². The molecule has 3 nitrogen and oxygen atoms in total. The Morgan fingerprint density at radius 3 is 2.75 bits per heavy atom. The third kappa shape index (κ3) is 2.76. The van der Waals surface area contributed by atoms with Gasteiger partial charge in [-0.1, -0.05) is 26.2 Å². The van der Waals surface area contributed by atoms with E-state index in [1.807, 2.05) is 0 Å². The van der Waals surface area contributed by atoms with Gasteiger partial charge in [-0.2, -0.15) is 0 Å². The molecule has 1 heterocycles. The Hall–Kier alpha value is -0.120. The molecule has 2 rings (SSSR count). The molecule has 94 valence electrons. The van der Waals surface area contributed by atoms with Crippen molar-refractivity contribution in [3.63, 3.8) is 0 Å². The average Bonchev–Trinajstić information content (AvgIpc) is 2.71. The van der Waals surface area contributed by atoms with Gasteiger partial charge in [0.05, 0.1) is 12.7 Å². The summed E-state index contributed by atoms with van der Waals surface area (Å²) in [4.78, 5) is 0. The van der Waals surface area contributed by atoms with E-state index in [2.05, 4.69) is 6.92 Å². The summed E-state index contributed by atoms with van der Waals surface area (Å²) in [5.74, 6) is -0.337. The molecular formula is C13H24O3. The summed E-state index contributed by atoms with van der Waals surface area (Å²) in [5, 5.41) is 9.99. The summed E-state index contributed by atoms with van der Waals surface area (Å²) < 4.78 is 11.8. The Balaban J connectivity index is 1.82. The highest BCUT2D eigenvalue weighted by Crippen LogP contribution is 2.38. The third-order valence-electron chi connectivity index (χ3n) is 3.77. The first kappa shape index (κ1) is 12.3. The molecule has 1 aliphatic heterocycles. The maximum atomic E-state index is 9.99. The van der Waals surface area contributed by atoms with Gasteiger partial charge < -0.3 is 14.6 Å².